The molecule has 1 atom stereocenters. The van der Waals surface area contributed by atoms with Crippen LogP contribution in [0.3, 0.4) is 0 Å². The summed E-state index contributed by atoms with van der Waals surface area (Å²) in [6, 6.07) is 22.7. The average molecular weight is 473 g/mol. The predicted octanol–water partition coefficient (Wildman–Crippen LogP) is 6.03. The van der Waals surface area contributed by atoms with Crippen molar-refractivity contribution in [1.29, 1.82) is 0 Å². The number of hydrogen-bond donors (Lipinski definition) is 1. The largest absolute Gasteiger partial charge is 0.332 e. The summed E-state index contributed by atoms with van der Waals surface area (Å²) in [5.74, 6) is 0. The van der Waals surface area contributed by atoms with Crippen LogP contribution in [0.25, 0.3) is 43.9 Å². The molecule has 168 valence electrons. The second-order valence-electron chi connectivity index (χ2n) is 8.91. The summed E-state index contributed by atoms with van der Waals surface area (Å²) >= 11 is 5.83. The van der Waals surface area contributed by atoms with Gasteiger partial charge in [0.25, 0.3) is 0 Å². The molecule has 0 aliphatic carbocycles. The summed E-state index contributed by atoms with van der Waals surface area (Å²) in [5, 5.41) is 6.01. The molecule has 0 saturated heterocycles. The highest BCUT2D eigenvalue weighted by Gasteiger charge is 2.28. The number of aromatic nitrogens is 4. The average Bonchev–Trinajstić information content (AvgIpc) is 3.23. The molecular weight excluding hydrogens is 452 g/mol. The molecule has 35 heavy (non-hydrogen) atoms. The zero-order chi connectivity index (χ0) is 23.5. The van der Waals surface area contributed by atoms with Gasteiger partial charge < -0.3 is 10.2 Å². The van der Waals surface area contributed by atoms with Crippen LogP contribution in [-0.4, -0.2) is 31.1 Å². The van der Waals surface area contributed by atoms with Crippen molar-refractivity contribution in [2.75, 3.05) is 10.2 Å². The lowest BCUT2D eigenvalue weighted by atomic mass is 10.1. The van der Waals surface area contributed by atoms with E-state index in [9.17, 15) is 0 Å². The molecule has 0 spiro atoms. The van der Waals surface area contributed by atoms with E-state index in [4.69, 9.17) is 22.2 Å². The fraction of sp³-hybridized carbons (Fsp3) is 0.107. The van der Waals surface area contributed by atoms with E-state index in [1.54, 1.807) is 12.4 Å². The van der Waals surface area contributed by atoms with Crippen LogP contribution in [0.2, 0.25) is 0 Å². The van der Waals surface area contributed by atoms with Gasteiger partial charge in [-0.2, -0.15) is 0 Å². The number of benzene rings is 3. The third kappa shape index (κ3) is 3.12. The van der Waals surface area contributed by atoms with Crippen molar-refractivity contribution in [2.45, 2.75) is 19.4 Å². The molecule has 0 unspecified atom stereocenters. The molecule has 1 aliphatic rings. The summed E-state index contributed by atoms with van der Waals surface area (Å²) in [5.41, 5.74) is 8.33. The minimum Gasteiger partial charge on any atom is -0.332 e. The molecule has 7 rings (SSSR count). The summed E-state index contributed by atoms with van der Waals surface area (Å²) in [7, 11) is 0. The standard InChI is InChI=1S/C28H20N6S/c1-16-14-17-6-2-3-9-23(17)34(16)28(35)31-18-10-11-21-22(15-18)33-27-20-8-5-13-30-25(20)24-19(26(27)32-21)7-4-12-29-24/h2-13,15-16H,14H2,1H3,(H,31,35)/t16-/m1/s1. The monoisotopic (exact) mass is 472 g/mol. The second-order valence-corrected chi connectivity index (χ2v) is 9.29. The van der Waals surface area contributed by atoms with Gasteiger partial charge in [-0.05, 0) is 79.7 Å². The number of fused-ring (bicyclic) bond motifs is 8. The number of anilines is 2. The molecule has 0 saturated carbocycles. The number of nitrogens with one attached hydrogen (secondary N) is 1. The fourth-order valence-corrected chi connectivity index (χ4v) is 5.53. The zero-order valence-electron chi connectivity index (χ0n) is 18.9. The van der Waals surface area contributed by atoms with E-state index >= 15 is 0 Å². The van der Waals surface area contributed by atoms with E-state index in [0.29, 0.717) is 11.2 Å². The van der Waals surface area contributed by atoms with Gasteiger partial charge in [-0.1, -0.05) is 18.2 Å². The molecule has 0 bridgehead atoms. The molecule has 6 aromatic rings. The lowest BCUT2D eigenvalue weighted by Crippen LogP contribution is -2.38. The summed E-state index contributed by atoms with van der Waals surface area (Å²) in [6.07, 6.45) is 4.56. The third-order valence-corrected chi connectivity index (χ3v) is 6.99. The van der Waals surface area contributed by atoms with Crippen LogP contribution in [0.5, 0.6) is 0 Å². The first kappa shape index (κ1) is 20.2. The topological polar surface area (TPSA) is 66.8 Å². The Hall–Kier alpha value is -4.23. The summed E-state index contributed by atoms with van der Waals surface area (Å²) in [4.78, 5) is 21.4. The first-order valence-electron chi connectivity index (χ1n) is 11.6. The minimum atomic E-state index is 0.303. The van der Waals surface area contributed by atoms with Crippen molar-refractivity contribution in [1.82, 2.24) is 19.9 Å². The molecule has 7 heteroatoms. The normalized spacial score (nSPS) is 15.2. The van der Waals surface area contributed by atoms with Crippen molar-refractivity contribution in [2.24, 2.45) is 0 Å². The van der Waals surface area contributed by atoms with Gasteiger partial charge in [0.1, 0.15) is 0 Å². The number of rotatable bonds is 1. The van der Waals surface area contributed by atoms with Gasteiger partial charge in [-0.25, -0.2) is 9.97 Å². The van der Waals surface area contributed by atoms with Crippen molar-refractivity contribution in [3.8, 4) is 0 Å². The van der Waals surface area contributed by atoms with Gasteiger partial charge in [0, 0.05) is 40.6 Å². The molecule has 0 fully saturated rings. The lowest BCUT2D eigenvalue weighted by molar-refractivity contribution is 0.776. The molecule has 1 aliphatic heterocycles. The Bertz CT molecular complexity index is 1820. The summed E-state index contributed by atoms with van der Waals surface area (Å²) in [6.45, 7) is 2.20. The van der Waals surface area contributed by atoms with E-state index < -0.39 is 0 Å². The Kier molecular flexibility index (Phi) is 4.41. The van der Waals surface area contributed by atoms with Crippen LogP contribution >= 0.6 is 12.2 Å². The Balaban J connectivity index is 1.34. The van der Waals surface area contributed by atoms with E-state index in [1.807, 2.05) is 42.5 Å². The fourth-order valence-electron chi connectivity index (χ4n) is 5.14. The minimum absolute atomic E-state index is 0.303. The molecular formula is C28H20N6S. The van der Waals surface area contributed by atoms with Crippen LogP contribution < -0.4 is 10.2 Å². The Morgan fingerprint density at radius 3 is 2.26 bits per heavy atom. The van der Waals surface area contributed by atoms with Gasteiger partial charge in [0.2, 0.25) is 0 Å². The number of hydrogen-bond acceptors (Lipinski definition) is 5. The summed E-state index contributed by atoms with van der Waals surface area (Å²) < 4.78 is 0. The highest BCUT2D eigenvalue weighted by Crippen LogP contribution is 2.34. The van der Waals surface area contributed by atoms with E-state index in [-0.39, 0.29) is 0 Å². The highest BCUT2D eigenvalue weighted by molar-refractivity contribution is 7.80. The second kappa shape index (κ2) is 7.65. The maximum Gasteiger partial charge on any atom is 0.178 e. The molecule has 6 nitrogen and oxygen atoms in total. The Morgan fingerprint density at radius 2 is 1.51 bits per heavy atom. The molecule has 4 heterocycles. The van der Waals surface area contributed by atoms with Crippen LogP contribution in [-0.2, 0) is 6.42 Å². The molecule has 1 N–H and O–H groups in total. The van der Waals surface area contributed by atoms with Crippen LogP contribution in [0, 0.1) is 0 Å². The van der Waals surface area contributed by atoms with Gasteiger partial charge >= 0.3 is 0 Å². The first-order chi connectivity index (χ1) is 17.2. The van der Waals surface area contributed by atoms with E-state index in [2.05, 4.69) is 51.4 Å². The number of pyridine rings is 2. The van der Waals surface area contributed by atoms with Crippen LogP contribution in [0.15, 0.2) is 79.1 Å². The van der Waals surface area contributed by atoms with Crippen LogP contribution in [0.1, 0.15) is 12.5 Å². The van der Waals surface area contributed by atoms with Crippen molar-refractivity contribution < 1.29 is 0 Å². The van der Waals surface area contributed by atoms with Gasteiger partial charge in [-0.3, -0.25) is 9.97 Å². The third-order valence-electron chi connectivity index (χ3n) is 6.69. The van der Waals surface area contributed by atoms with E-state index in [0.717, 1.165) is 56.0 Å². The first-order valence-corrected chi connectivity index (χ1v) is 12.0. The Morgan fingerprint density at radius 1 is 0.829 bits per heavy atom. The Labute approximate surface area is 206 Å². The molecule has 0 radical (unpaired) electrons. The van der Waals surface area contributed by atoms with Crippen molar-refractivity contribution in [3.05, 3.63) is 84.7 Å². The quantitative estimate of drug-likeness (QED) is 0.178. The number of thiocarbonyl (C=S) groups is 1. The van der Waals surface area contributed by atoms with Crippen molar-refractivity contribution in [3.63, 3.8) is 0 Å². The SMILES string of the molecule is C[C@@H]1Cc2ccccc2N1C(=S)Nc1ccc2nc3c4cccnc4c4ncccc4c3nc2c1. The van der Waals surface area contributed by atoms with Crippen molar-refractivity contribution >= 4 is 72.6 Å². The molecule has 3 aromatic carbocycles. The maximum atomic E-state index is 5.83. The van der Waals surface area contributed by atoms with Crippen LogP contribution in [0.4, 0.5) is 11.4 Å². The molecule has 3 aromatic heterocycles. The highest BCUT2D eigenvalue weighted by atomic mass is 32.1. The maximum absolute atomic E-state index is 5.83. The van der Waals surface area contributed by atoms with Gasteiger partial charge in [0.15, 0.2) is 5.11 Å². The molecule has 0 amide bonds. The number of para-hydroxylation sites is 1. The zero-order valence-corrected chi connectivity index (χ0v) is 19.8. The smallest absolute Gasteiger partial charge is 0.178 e. The number of nitrogens with zero attached hydrogens (tertiary/aromatic N) is 5. The predicted molar refractivity (Wildman–Crippen MR) is 146 cm³/mol. The van der Waals surface area contributed by atoms with E-state index in [1.165, 1.54) is 11.3 Å². The van der Waals surface area contributed by atoms with Gasteiger partial charge in [-0.15, -0.1) is 0 Å². The van der Waals surface area contributed by atoms with Gasteiger partial charge in [0.05, 0.1) is 33.1 Å². The lowest BCUT2D eigenvalue weighted by Gasteiger charge is -2.26.